The number of nitrogens with one attached hydrogen (secondary N) is 2. The number of nitrogens with zero attached hydrogens (tertiary/aromatic N) is 1. The number of carbonyl (C=O) groups is 3. The first-order valence-electron chi connectivity index (χ1n) is 11.8. The van der Waals surface area contributed by atoms with Gasteiger partial charge in [0.2, 0.25) is 0 Å². The molecule has 2 heterocycles. The Morgan fingerprint density at radius 2 is 1.83 bits per heavy atom. The zero-order valence-corrected chi connectivity index (χ0v) is 20.3. The van der Waals surface area contributed by atoms with E-state index in [0.29, 0.717) is 43.7 Å². The number of carboxylic acid groups (broad SMARTS) is 1. The SMILES string of the molecule is CC(C)(C)OC(=O)NCCCOc1ccc2ccc(C(=O)N[C@H]3CCCC[C@@H]3C(=O)O)c(=O)n2c1. The summed E-state index contributed by atoms with van der Waals surface area (Å²) in [6.45, 7) is 6.03. The standard InChI is InChI=1S/C25H33N3O7/c1-25(2,3)35-24(33)26-13-6-14-34-17-11-9-16-10-12-19(22(30)28(16)15-17)21(29)27-20-8-5-4-7-18(20)23(31)32/h9-12,15,18,20H,4-8,13-14H2,1-3H3,(H,26,33)(H,27,29)(H,31,32)/t18-,20-/m0/s1. The summed E-state index contributed by atoms with van der Waals surface area (Å²) in [5.74, 6) is -1.73. The van der Waals surface area contributed by atoms with Gasteiger partial charge in [-0.2, -0.15) is 0 Å². The first-order valence-corrected chi connectivity index (χ1v) is 11.8. The van der Waals surface area contributed by atoms with Crippen LogP contribution < -0.4 is 20.9 Å². The van der Waals surface area contributed by atoms with Crippen LogP contribution in [0.15, 0.2) is 35.3 Å². The Morgan fingerprint density at radius 1 is 1.11 bits per heavy atom. The van der Waals surface area contributed by atoms with Crippen LogP contribution in [0, 0.1) is 5.92 Å². The van der Waals surface area contributed by atoms with Crippen molar-refractivity contribution in [2.45, 2.75) is 64.5 Å². The number of ether oxygens (including phenoxy) is 2. The fraction of sp³-hybridized carbons (Fsp3) is 0.520. The van der Waals surface area contributed by atoms with Crippen LogP contribution in [0.3, 0.4) is 0 Å². The van der Waals surface area contributed by atoms with Crippen molar-refractivity contribution < 1.29 is 29.0 Å². The average molecular weight is 488 g/mol. The minimum absolute atomic E-state index is 0.0593. The van der Waals surface area contributed by atoms with Crippen molar-refractivity contribution in [3.8, 4) is 5.75 Å². The molecular formula is C25H33N3O7. The molecule has 0 saturated heterocycles. The lowest BCUT2D eigenvalue weighted by molar-refractivity contribution is -0.143. The monoisotopic (exact) mass is 487 g/mol. The van der Waals surface area contributed by atoms with Crippen molar-refractivity contribution in [1.29, 1.82) is 0 Å². The molecule has 2 amide bonds. The van der Waals surface area contributed by atoms with Gasteiger partial charge in [0.05, 0.1) is 18.7 Å². The minimum Gasteiger partial charge on any atom is -0.492 e. The van der Waals surface area contributed by atoms with E-state index in [1.54, 1.807) is 39.0 Å². The molecule has 0 unspecified atom stereocenters. The first-order chi connectivity index (χ1) is 16.5. The maximum atomic E-state index is 13.0. The van der Waals surface area contributed by atoms with Gasteiger partial charge < -0.3 is 25.2 Å². The maximum absolute atomic E-state index is 13.0. The average Bonchev–Trinajstić information content (AvgIpc) is 2.78. The lowest BCUT2D eigenvalue weighted by Crippen LogP contribution is -2.46. The van der Waals surface area contributed by atoms with Gasteiger partial charge in [0.25, 0.3) is 11.5 Å². The van der Waals surface area contributed by atoms with E-state index in [-0.39, 0.29) is 5.56 Å². The van der Waals surface area contributed by atoms with Gasteiger partial charge in [-0.05, 0) is 64.3 Å². The van der Waals surface area contributed by atoms with Crippen LogP contribution in [0.5, 0.6) is 5.75 Å². The van der Waals surface area contributed by atoms with Gasteiger partial charge in [-0.3, -0.25) is 18.8 Å². The van der Waals surface area contributed by atoms with E-state index in [4.69, 9.17) is 9.47 Å². The van der Waals surface area contributed by atoms with E-state index in [1.807, 2.05) is 0 Å². The number of carboxylic acids is 1. The highest BCUT2D eigenvalue weighted by Crippen LogP contribution is 2.25. The van der Waals surface area contributed by atoms with Crippen LogP contribution in [0.4, 0.5) is 4.79 Å². The second kappa shape index (κ2) is 11.2. The summed E-state index contributed by atoms with van der Waals surface area (Å²) < 4.78 is 12.2. The summed E-state index contributed by atoms with van der Waals surface area (Å²) in [6.07, 6.45) is 4.25. The number of fused-ring (bicyclic) bond motifs is 1. The molecule has 2 aromatic rings. The topological polar surface area (TPSA) is 135 Å². The van der Waals surface area contributed by atoms with Gasteiger partial charge in [-0.1, -0.05) is 12.8 Å². The molecule has 2 aromatic heterocycles. The third-order valence-corrected chi connectivity index (χ3v) is 5.73. The summed E-state index contributed by atoms with van der Waals surface area (Å²) in [5.41, 5.74) is -0.550. The molecule has 1 saturated carbocycles. The molecule has 3 rings (SSSR count). The summed E-state index contributed by atoms with van der Waals surface area (Å²) >= 11 is 0. The zero-order valence-electron chi connectivity index (χ0n) is 20.3. The number of aliphatic carboxylic acids is 1. The fourth-order valence-corrected chi connectivity index (χ4v) is 4.04. The normalized spacial score (nSPS) is 18.0. The number of aromatic nitrogens is 1. The quantitative estimate of drug-likeness (QED) is 0.487. The second-order valence-corrected chi connectivity index (χ2v) is 9.65. The molecule has 1 aliphatic carbocycles. The number of amides is 2. The highest BCUT2D eigenvalue weighted by Gasteiger charge is 2.32. The Balaban J connectivity index is 1.62. The molecule has 0 radical (unpaired) electrons. The Kier molecular flexibility index (Phi) is 8.37. The lowest BCUT2D eigenvalue weighted by Gasteiger charge is -2.29. The minimum atomic E-state index is -0.937. The summed E-state index contributed by atoms with van der Waals surface area (Å²) in [7, 11) is 0. The Hall–Kier alpha value is -3.56. The Labute approximate surface area is 203 Å². The van der Waals surface area contributed by atoms with E-state index >= 15 is 0 Å². The van der Waals surface area contributed by atoms with Gasteiger partial charge in [0.1, 0.15) is 16.9 Å². The molecule has 3 N–H and O–H groups in total. The van der Waals surface area contributed by atoms with E-state index in [1.165, 1.54) is 16.7 Å². The molecule has 1 fully saturated rings. The fourth-order valence-electron chi connectivity index (χ4n) is 4.04. The van der Waals surface area contributed by atoms with Crippen molar-refractivity contribution in [2.24, 2.45) is 5.92 Å². The summed E-state index contributed by atoms with van der Waals surface area (Å²) in [5, 5.41) is 14.8. The van der Waals surface area contributed by atoms with Gasteiger partial charge in [0, 0.05) is 18.1 Å². The summed E-state index contributed by atoms with van der Waals surface area (Å²) in [4.78, 5) is 49.0. The number of rotatable bonds is 8. The predicted octanol–water partition coefficient (Wildman–Crippen LogP) is 2.97. The first kappa shape index (κ1) is 26.1. The Bertz CT molecular complexity index is 1140. The van der Waals surface area contributed by atoms with Crippen molar-refractivity contribution >= 4 is 23.5 Å². The van der Waals surface area contributed by atoms with Crippen LogP contribution in [-0.4, -0.2) is 52.3 Å². The van der Waals surface area contributed by atoms with E-state index in [9.17, 15) is 24.3 Å². The van der Waals surface area contributed by atoms with Gasteiger partial charge in [-0.15, -0.1) is 0 Å². The molecular weight excluding hydrogens is 454 g/mol. The number of pyridine rings is 2. The number of hydrogen-bond donors (Lipinski definition) is 3. The zero-order chi connectivity index (χ0) is 25.6. The maximum Gasteiger partial charge on any atom is 0.407 e. The number of alkyl carbamates (subject to hydrolysis) is 1. The Morgan fingerprint density at radius 3 is 2.54 bits per heavy atom. The van der Waals surface area contributed by atoms with Crippen LogP contribution in [0.2, 0.25) is 0 Å². The molecule has 190 valence electrons. The van der Waals surface area contributed by atoms with Crippen LogP contribution in [-0.2, 0) is 9.53 Å². The third-order valence-electron chi connectivity index (χ3n) is 5.73. The van der Waals surface area contributed by atoms with Crippen molar-refractivity contribution in [3.63, 3.8) is 0 Å². The van der Waals surface area contributed by atoms with Gasteiger partial charge >= 0.3 is 12.1 Å². The molecule has 35 heavy (non-hydrogen) atoms. The number of hydrogen-bond acceptors (Lipinski definition) is 6. The van der Waals surface area contributed by atoms with E-state index in [0.717, 1.165) is 12.8 Å². The molecule has 10 nitrogen and oxygen atoms in total. The van der Waals surface area contributed by atoms with Crippen molar-refractivity contribution in [3.05, 3.63) is 46.4 Å². The van der Waals surface area contributed by atoms with Gasteiger partial charge in [-0.25, -0.2) is 4.79 Å². The molecule has 0 spiro atoms. The van der Waals surface area contributed by atoms with Crippen molar-refractivity contribution in [1.82, 2.24) is 15.0 Å². The highest BCUT2D eigenvalue weighted by atomic mass is 16.6. The second-order valence-electron chi connectivity index (χ2n) is 9.65. The van der Waals surface area contributed by atoms with E-state index in [2.05, 4.69) is 10.6 Å². The highest BCUT2D eigenvalue weighted by molar-refractivity contribution is 5.94. The molecule has 0 aliphatic heterocycles. The molecule has 0 aromatic carbocycles. The van der Waals surface area contributed by atoms with E-state index < -0.39 is 41.1 Å². The molecule has 10 heteroatoms. The van der Waals surface area contributed by atoms with Gasteiger partial charge in [0.15, 0.2) is 0 Å². The lowest BCUT2D eigenvalue weighted by atomic mass is 9.84. The number of carbonyl (C=O) groups excluding carboxylic acids is 2. The summed E-state index contributed by atoms with van der Waals surface area (Å²) in [6, 6.07) is 6.03. The molecule has 2 atom stereocenters. The molecule has 0 bridgehead atoms. The van der Waals surface area contributed by atoms with Crippen LogP contribution >= 0.6 is 0 Å². The third kappa shape index (κ3) is 7.21. The smallest absolute Gasteiger partial charge is 0.407 e. The molecule has 1 aliphatic rings. The van der Waals surface area contributed by atoms with Crippen LogP contribution in [0.1, 0.15) is 63.2 Å². The van der Waals surface area contributed by atoms with Crippen LogP contribution in [0.25, 0.3) is 5.52 Å². The largest absolute Gasteiger partial charge is 0.492 e. The van der Waals surface area contributed by atoms with Crippen molar-refractivity contribution in [2.75, 3.05) is 13.2 Å². The predicted molar refractivity (Wildman–Crippen MR) is 129 cm³/mol.